The molecular weight excluding hydrogens is 394 g/mol. The number of aromatic nitrogens is 1. The van der Waals surface area contributed by atoms with E-state index in [0.29, 0.717) is 22.5 Å². The maximum atomic E-state index is 13.3. The molecular formula is C19H23Cl2FN2OS. The Balaban J connectivity index is 0.00000163. The molecule has 0 spiro atoms. The van der Waals surface area contributed by atoms with Gasteiger partial charge in [-0.15, -0.1) is 0 Å². The molecule has 0 fully saturated rings. The van der Waals surface area contributed by atoms with Gasteiger partial charge in [-0.3, -0.25) is 0 Å². The monoisotopic (exact) mass is 416 g/mol. The second-order valence-electron chi connectivity index (χ2n) is 6.23. The molecule has 0 aliphatic carbocycles. The van der Waals surface area contributed by atoms with E-state index in [2.05, 4.69) is 9.38 Å². The molecule has 0 bridgehead atoms. The second kappa shape index (κ2) is 9.58. The number of benzene rings is 1. The van der Waals surface area contributed by atoms with Crippen LogP contribution in [0.4, 0.5) is 4.39 Å². The fourth-order valence-electron chi connectivity index (χ4n) is 1.82. The number of hydrogen-bond acceptors (Lipinski definition) is 2. The normalized spacial score (nSPS) is 13.0. The zero-order chi connectivity index (χ0) is 20.1. The van der Waals surface area contributed by atoms with Crippen molar-refractivity contribution in [3.8, 4) is 11.3 Å². The topological polar surface area (TPSA) is 42.3 Å². The Morgan fingerprint density at radius 1 is 1.15 bits per heavy atom. The molecule has 3 nitrogen and oxygen atoms in total. The zero-order valence-electron chi connectivity index (χ0n) is 15.7. The minimum absolute atomic E-state index is 0.00931. The predicted octanol–water partition coefficient (Wildman–Crippen LogP) is 6.49. The first-order valence-electron chi connectivity index (χ1n) is 8.18. The summed E-state index contributed by atoms with van der Waals surface area (Å²) < 4.78 is 29.3. The van der Waals surface area contributed by atoms with Crippen LogP contribution in [0.1, 0.15) is 47.1 Å². The number of pyridine rings is 1. The van der Waals surface area contributed by atoms with Crippen LogP contribution in [-0.2, 0) is 11.0 Å². The van der Waals surface area contributed by atoms with Crippen molar-refractivity contribution in [2.75, 3.05) is 0 Å². The van der Waals surface area contributed by atoms with Crippen LogP contribution in [0.5, 0.6) is 0 Å². The van der Waals surface area contributed by atoms with Crippen molar-refractivity contribution in [2.45, 2.75) is 46.3 Å². The lowest BCUT2D eigenvalue weighted by atomic mass is 10.1. The summed E-state index contributed by atoms with van der Waals surface area (Å²) in [5, 5.41) is 0.272. The summed E-state index contributed by atoms with van der Waals surface area (Å²) >= 11 is 11.9. The highest BCUT2D eigenvalue weighted by Gasteiger charge is 2.19. The van der Waals surface area contributed by atoms with E-state index in [1.807, 2.05) is 34.6 Å². The molecule has 1 aromatic carbocycles. The molecule has 0 saturated heterocycles. The molecule has 0 aliphatic heterocycles. The maximum Gasteiger partial charge on any atom is 0.145 e. The van der Waals surface area contributed by atoms with Gasteiger partial charge >= 0.3 is 0 Å². The number of halogens is 3. The molecule has 1 heterocycles. The minimum atomic E-state index is -1.38. The maximum absolute atomic E-state index is 13.3. The van der Waals surface area contributed by atoms with Crippen LogP contribution in [0.25, 0.3) is 11.3 Å². The van der Waals surface area contributed by atoms with Gasteiger partial charge in [0.05, 0.1) is 21.2 Å². The Kier molecular flexibility index (Phi) is 8.38. The van der Waals surface area contributed by atoms with Crippen molar-refractivity contribution in [3.05, 3.63) is 51.9 Å². The van der Waals surface area contributed by atoms with Crippen LogP contribution in [0.3, 0.4) is 0 Å². The van der Waals surface area contributed by atoms with Gasteiger partial charge < -0.3 is 0 Å². The zero-order valence-corrected chi connectivity index (χ0v) is 18.1. The molecule has 7 heteroatoms. The van der Waals surface area contributed by atoms with Gasteiger partial charge in [0, 0.05) is 11.1 Å². The minimum Gasteiger partial charge on any atom is -0.236 e. The number of rotatable bonds is 3. The standard InChI is InChI=1S/C17H17Cl2FN2OS.C2H6/c1-10(22-24(23)17(2,3)4)12-8-15(21-16(19)9-12)11-5-6-14(20)13(18)7-11;1-2/h5-9H,1-4H3;1-2H3/b22-10-;. The summed E-state index contributed by atoms with van der Waals surface area (Å²) in [6, 6.07) is 7.74. The van der Waals surface area contributed by atoms with Gasteiger partial charge in [-0.2, -0.15) is 4.40 Å². The fraction of sp³-hybridized carbons (Fsp3) is 0.368. The molecule has 26 heavy (non-hydrogen) atoms. The molecule has 1 atom stereocenters. The van der Waals surface area contributed by atoms with Crippen molar-refractivity contribution >= 4 is 39.9 Å². The lowest BCUT2D eigenvalue weighted by molar-refractivity contribution is 0.628. The van der Waals surface area contributed by atoms with Gasteiger partial charge in [-0.05, 0) is 58.0 Å². The predicted molar refractivity (Wildman–Crippen MR) is 111 cm³/mol. The van der Waals surface area contributed by atoms with Crippen LogP contribution >= 0.6 is 23.2 Å². The summed E-state index contributed by atoms with van der Waals surface area (Å²) in [6.07, 6.45) is 0. The summed E-state index contributed by atoms with van der Waals surface area (Å²) in [5.41, 5.74) is 2.45. The average Bonchev–Trinajstić information content (AvgIpc) is 2.57. The average molecular weight is 417 g/mol. The summed E-state index contributed by atoms with van der Waals surface area (Å²) in [5.74, 6) is -0.499. The van der Waals surface area contributed by atoms with E-state index in [9.17, 15) is 8.60 Å². The van der Waals surface area contributed by atoms with E-state index in [1.165, 1.54) is 12.1 Å². The molecule has 1 unspecified atom stereocenters. The highest BCUT2D eigenvalue weighted by atomic mass is 35.5. The fourth-order valence-corrected chi connectivity index (χ4v) is 2.84. The molecule has 0 radical (unpaired) electrons. The first-order chi connectivity index (χ1) is 12.1. The van der Waals surface area contributed by atoms with E-state index in [4.69, 9.17) is 23.2 Å². The lowest BCUT2D eigenvalue weighted by Gasteiger charge is -2.14. The third-order valence-corrected chi connectivity index (χ3v) is 5.14. The first kappa shape index (κ1) is 22.7. The Morgan fingerprint density at radius 2 is 1.77 bits per heavy atom. The van der Waals surface area contributed by atoms with Crippen LogP contribution in [0.15, 0.2) is 34.7 Å². The van der Waals surface area contributed by atoms with Gasteiger partial charge in [0.1, 0.15) is 22.0 Å². The van der Waals surface area contributed by atoms with Gasteiger partial charge in [-0.1, -0.05) is 37.0 Å². The van der Waals surface area contributed by atoms with E-state index in [-0.39, 0.29) is 10.2 Å². The number of hydrogen-bond donors (Lipinski definition) is 0. The van der Waals surface area contributed by atoms with Crippen molar-refractivity contribution in [3.63, 3.8) is 0 Å². The Labute approximate surface area is 167 Å². The largest absolute Gasteiger partial charge is 0.236 e. The third kappa shape index (κ3) is 6.15. The van der Waals surface area contributed by atoms with Crippen LogP contribution < -0.4 is 0 Å². The molecule has 1 aromatic heterocycles. The van der Waals surface area contributed by atoms with Crippen molar-refractivity contribution < 1.29 is 8.60 Å². The summed E-state index contributed by atoms with van der Waals surface area (Å²) in [4.78, 5) is 4.24. The Morgan fingerprint density at radius 3 is 2.31 bits per heavy atom. The summed E-state index contributed by atoms with van der Waals surface area (Å²) in [6.45, 7) is 11.3. The second-order valence-corrected chi connectivity index (χ2v) is 8.93. The van der Waals surface area contributed by atoms with Crippen molar-refractivity contribution in [1.29, 1.82) is 0 Å². The molecule has 142 valence electrons. The third-order valence-electron chi connectivity index (χ3n) is 3.17. The van der Waals surface area contributed by atoms with E-state index in [0.717, 1.165) is 0 Å². The van der Waals surface area contributed by atoms with Gasteiger partial charge in [0.2, 0.25) is 0 Å². The van der Waals surface area contributed by atoms with E-state index in [1.54, 1.807) is 25.1 Å². The molecule has 0 amide bonds. The highest BCUT2D eigenvalue weighted by Crippen LogP contribution is 2.26. The van der Waals surface area contributed by atoms with E-state index >= 15 is 0 Å². The van der Waals surface area contributed by atoms with E-state index < -0.39 is 21.5 Å². The van der Waals surface area contributed by atoms with Gasteiger partial charge in [0.25, 0.3) is 0 Å². The summed E-state index contributed by atoms with van der Waals surface area (Å²) in [7, 11) is -1.38. The molecule has 2 aromatic rings. The van der Waals surface area contributed by atoms with Crippen molar-refractivity contribution in [2.24, 2.45) is 4.40 Å². The SMILES string of the molecule is C/C(=N/S(=O)C(C)(C)C)c1cc(Cl)nc(-c2ccc(F)c(Cl)c2)c1.CC. The van der Waals surface area contributed by atoms with Crippen LogP contribution in [0.2, 0.25) is 10.2 Å². The smallest absolute Gasteiger partial charge is 0.145 e. The van der Waals surface area contributed by atoms with Gasteiger partial charge in [-0.25, -0.2) is 13.6 Å². The quantitative estimate of drug-likeness (QED) is 0.423. The Hall–Kier alpha value is -1.30. The lowest BCUT2D eigenvalue weighted by Crippen LogP contribution is -2.20. The molecule has 0 N–H and O–H groups in total. The van der Waals surface area contributed by atoms with Gasteiger partial charge in [0.15, 0.2) is 0 Å². The first-order valence-corrected chi connectivity index (χ1v) is 10.0. The Bertz CT molecular complexity index is 833. The molecule has 0 aliphatic rings. The number of nitrogens with zero attached hydrogens (tertiary/aromatic N) is 2. The van der Waals surface area contributed by atoms with Crippen LogP contribution in [-0.4, -0.2) is 19.7 Å². The molecule has 2 rings (SSSR count). The highest BCUT2D eigenvalue weighted by molar-refractivity contribution is 7.85. The van der Waals surface area contributed by atoms with Crippen molar-refractivity contribution in [1.82, 2.24) is 4.98 Å². The van der Waals surface area contributed by atoms with Crippen LogP contribution in [0, 0.1) is 5.82 Å². The molecule has 0 saturated carbocycles.